The van der Waals surface area contributed by atoms with Gasteiger partial charge in [-0.3, -0.25) is 14.5 Å². The molecule has 0 bridgehead atoms. The van der Waals surface area contributed by atoms with Crippen LogP contribution < -0.4 is 4.74 Å². The molecule has 0 saturated carbocycles. The summed E-state index contributed by atoms with van der Waals surface area (Å²) in [5, 5.41) is 8.98. The Kier molecular flexibility index (Phi) is 8.74. The van der Waals surface area contributed by atoms with Gasteiger partial charge in [0.05, 0.1) is 30.6 Å². The molecule has 2 amide bonds. The van der Waals surface area contributed by atoms with Crippen LogP contribution >= 0.6 is 0 Å². The normalized spacial score (nSPS) is 19.0. The fraction of sp³-hybridized carbons (Fsp3) is 0.464. The van der Waals surface area contributed by atoms with E-state index in [1.54, 1.807) is 0 Å². The molecule has 0 aliphatic carbocycles. The predicted molar refractivity (Wildman–Crippen MR) is 133 cm³/mol. The molecule has 35 heavy (non-hydrogen) atoms. The number of hydrogen-bond acceptors (Lipinski definition) is 5. The molecular formula is C28H34N4O3. The highest BCUT2D eigenvalue weighted by molar-refractivity contribution is 5.81. The lowest BCUT2D eigenvalue weighted by molar-refractivity contribution is -0.141. The summed E-state index contributed by atoms with van der Waals surface area (Å²) in [6.07, 6.45) is 2.97. The first kappa shape index (κ1) is 24.7. The van der Waals surface area contributed by atoms with Gasteiger partial charge in [-0.2, -0.15) is 5.26 Å². The third-order valence-corrected chi connectivity index (χ3v) is 6.84. The van der Waals surface area contributed by atoms with Crippen LogP contribution in [0.1, 0.15) is 36.8 Å². The summed E-state index contributed by atoms with van der Waals surface area (Å²) in [5.74, 6) is 0.889. The zero-order valence-electron chi connectivity index (χ0n) is 20.3. The molecule has 7 heteroatoms. The zero-order chi connectivity index (χ0) is 24.5. The molecular weight excluding hydrogens is 440 g/mol. The van der Waals surface area contributed by atoms with Crippen molar-refractivity contribution in [1.82, 2.24) is 14.7 Å². The second-order valence-electron chi connectivity index (χ2n) is 9.35. The van der Waals surface area contributed by atoms with Gasteiger partial charge in [-0.25, -0.2) is 0 Å². The largest absolute Gasteiger partial charge is 0.493 e. The van der Waals surface area contributed by atoms with Crippen molar-refractivity contribution in [1.29, 1.82) is 5.26 Å². The summed E-state index contributed by atoms with van der Waals surface area (Å²) < 4.78 is 5.67. The standard InChI is InChI=1S/C28H34N4O3/c29-20-23-9-11-24(12-10-23)21-30-14-5-16-31(18-17-30)28(34)25-6-4-15-32(22-25)27(33)13-19-35-26-7-2-1-3-8-26/h1-3,7-12,25H,4-6,13-19,21-22H2. The van der Waals surface area contributed by atoms with Gasteiger partial charge in [0, 0.05) is 45.8 Å². The van der Waals surface area contributed by atoms with Crippen molar-refractivity contribution < 1.29 is 14.3 Å². The highest BCUT2D eigenvalue weighted by Gasteiger charge is 2.31. The number of likely N-dealkylation sites (tertiary alicyclic amines) is 1. The first-order chi connectivity index (χ1) is 17.1. The van der Waals surface area contributed by atoms with Gasteiger partial charge >= 0.3 is 0 Å². The molecule has 2 aliphatic rings. The Labute approximate surface area is 207 Å². The molecule has 2 aromatic rings. The SMILES string of the molecule is N#Cc1ccc(CN2CCCN(C(=O)C3CCCN(C(=O)CCOc4ccccc4)C3)CC2)cc1. The number of nitrogens with zero attached hydrogens (tertiary/aromatic N) is 4. The van der Waals surface area contributed by atoms with Crippen LogP contribution in [0.5, 0.6) is 5.75 Å². The summed E-state index contributed by atoms with van der Waals surface area (Å²) in [5.41, 5.74) is 1.85. The van der Waals surface area contributed by atoms with E-state index in [-0.39, 0.29) is 17.7 Å². The highest BCUT2D eigenvalue weighted by Crippen LogP contribution is 2.21. The number of carbonyl (C=O) groups is 2. The van der Waals surface area contributed by atoms with Gasteiger partial charge in [0.2, 0.25) is 11.8 Å². The van der Waals surface area contributed by atoms with Crippen LogP contribution in [0.2, 0.25) is 0 Å². The summed E-state index contributed by atoms with van der Waals surface area (Å²) >= 11 is 0. The molecule has 0 N–H and O–H groups in total. The van der Waals surface area contributed by atoms with Crippen molar-refractivity contribution in [3.8, 4) is 11.8 Å². The van der Waals surface area contributed by atoms with Crippen molar-refractivity contribution in [2.24, 2.45) is 5.92 Å². The molecule has 2 fully saturated rings. The molecule has 0 aromatic heterocycles. The predicted octanol–water partition coefficient (Wildman–Crippen LogP) is 3.30. The van der Waals surface area contributed by atoms with Gasteiger partial charge in [0.15, 0.2) is 0 Å². The van der Waals surface area contributed by atoms with Crippen LogP contribution in [0.3, 0.4) is 0 Å². The van der Waals surface area contributed by atoms with E-state index in [1.165, 1.54) is 5.56 Å². The summed E-state index contributed by atoms with van der Waals surface area (Å²) in [4.78, 5) is 32.3. The van der Waals surface area contributed by atoms with E-state index in [1.807, 2.05) is 64.4 Å². The average Bonchev–Trinajstić information content (AvgIpc) is 3.15. The fourth-order valence-corrected chi connectivity index (χ4v) is 4.89. The van der Waals surface area contributed by atoms with Crippen LogP contribution in [0.15, 0.2) is 54.6 Å². The summed E-state index contributed by atoms with van der Waals surface area (Å²) in [6, 6.07) is 19.4. The van der Waals surface area contributed by atoms with Crippen molar-refractivity contribution in [2.45, 2.75) is 32.2 Å². The molecule has 2 heterocycles. The Morgan fingerprint density at radius 3 is 2.46 bits per heavy atom. The second-order valence-corrected chi connectivity index (χ2v) is 9.35. The third kappa shape index (κ3) is 7.06. The van der Waals surface area contributed by atoms with Crippen LogP contribution in [0.25, 0.3) is 0 Å². The molecule has 1 unspecified atom stereocenters. The van der Waals surface area contributed by atoms with Crippen molar-refractivity contribution in [2.75, 3.05) is 45.9 Å². The third-order valence-electron chi connectivity index (χ3n) is 6.84. The Hall–Kier alpha value is -3.37. The monoisotopic (exact) mass is 474 g/mol. The number of rotatable bonds is 7. The topological polar surface area (TPSA) is 76.9 Å². The first-order valence-corrected chi connectivity index (χ1v) is 12.6. The van der Waals surface area contributed by atoms with Gasteiger partial charge in [-0.1, -0.05) is 30.3 Å². The van der Waals surface area contributed by atoms with Gasteiger partial charge in [0.1, 0.15) is 5.75 Å². The Bertz CT molecular complexity index is 1020. The summed E-state index contributed by atoms with van der Waals surface area (Å²) in [7, 11) is 0. The number of hydrogen-bond donors (Lipinski definition) is 0. The van der Waals surface area contributed by atoms with E-state index in [4.69, 9.17) is 10.00 Å². The molecule has 2 aliphatic heterocycles. The lowest BCUT2D eigenvalue weighted by Gasteiger charge is -2.35. The van der Waals surface area contributed by atoms with E-state index in [0.29, 0.717) is 38.2 Å². The van der Waals surface area contributed by atoms with Gasteiger partial charge in [-0.05, 0) is 49.1 Å². The fourth-order valence-electron chi connectivity index (χ4n) is 4.89. The van der Waals surface area contributed by atoms with E-state index >= 15 is 0 Å². The Morgan fingerprint density at radius 1 is 0.914 bits per heavy atom. The molecule has 0 radical (unpaired) electrons. The summed E-state index contributed by atoms with van der Waals surface area (Å²) in [6.45, 7) is 5.64. The Balaban J connectivity index is 1.23. The number of piperidine rings is 1. The van der Waals surface area contributed by atoms with Crippen LogP contribution in [-0.2, 0) is 16.1 Å². The van der Waals surface area contributed by atoms with E-state index in [2.05, 4.69) is 11.0 Å². The second kappa shape index (κ2) is 12.4. The van der Waals surface area contributed by atoms with E-state index in [0.717, 1.165) is 51.2 Å². The zero-order valence-corrected chi connectivity index (χ0v) is 20.3. The molecule has 2 aromatic carbocycles. The first-order valence-electron chi connectivity index (χ1n) is 12.6. The number of carbonyl (C=O) groups excluding carboxylic acids is 2. The quantitative estimate of drug-likeness (QED) is 0.615. The molecule has 1 atom stereocenters. The minimum atomic E-state index is -0.118. The Morgan fingerprint density at radius 2 is 1.69 bits per heavy atom. The maximum absolute atomic E-state index is 13.3. The number of para-hydroxylation sites is 1. The maximum Gasteiger partial charge on any atom is 0.227 e. The maximum atomic E-state index is 13.3. The molecule has 2 saturated heterocycles. The number of nitriles is 1. The van der Waals surface area contributed by atoms with Crippen molar-refractivity contribution in [3.63, 3.8) is 0 Å². The lowest BCUT2D eigenvalue weighted by Crippen LogP contribution is -2.47. The molecule has 184 valence electrons. The van der Waals surface area contributed by atoms with Gasteiger partial charge in [0.25, 0.3) is 0 Å². The molecule has 0 spiro atoms. The van der Waals surface area contributed by atoms with E-state index in [9.17, 15) is 9.59 Å². The number of benzene rings is 2. The van der Waals surface area contributed by atoms with Gasteiger partial charge in [-0.15, -0.1) is 0 Å². The average molecular weight is 475 g/mol. The van der Waals surface area contributed by atoms with Gasteiger partial charge < -0.3 is 14.5 Å². The molecule has 7 nitrogen and oxygen atoms in total. The van der Waals surface area contributed by atoms with Crippen molar-refractivity contribution >= 4 is 11.8 Å². The van der Waals surface area contributed by atoms with Crippen LogP contribution in [-0.4, -0.2) is 72.4 Å². The molecule has 4 rings (SSSR count). The highest BCUT2D eigenvalue weighted by atomic mass is 16.5. The smallest absolute Gasteiger partial charge is 0.227 e. The minimum absolute atomic E-state index is 0.0582. The van der Waals surface area contributed by atoms with Crippen LogP contribution in [0.4, 0.5) is 0 Å². The number of amides is 2. The van der Waals surface area contributed by atoms with E-state index < -0.39 is 0 Å². The van der Waals surface area contributed by atoms with Crippen LogP contribution in [0, 0.1) is 17.2 Å². The number of ether oxygens (including phenoxy) is 1. The lowest BCUT2D eigenvalue weighted by atomic mass is 9.96. The van der Waals surface area contributed by atoms with Crippen molar-refractivity contribution in [3.05, 3.63) is 65.7 Å². The minimum Gasteiger partial charge on any atom is -0.493 e.